The molecule has 2 aliphatic heterocycles. The van der Waals surface area contributed by atoms with Crippen LogP contribution in [-0.2, 0) is 31.5 Å². The molecular weight excluding hydrogens is 647 g/mol. The molecule has 2 heterocycles. The summed E-state index contributed by atoms with van der Waals surface area (Å²) in [5, 5.41) is 12.1. The van der Waals surface area contributed by atoms with Crippen LogP contribution in [0.4, 0.5) is 0 Å². The fraction of sp³-hybridized carbons (Fsp3) is 0.262. The van der Waals surface area contributed by atoms with E-state index in [1.54, 1.807) is 53.5 Å². The van der Waals surface area contributed by atoms with E-state index in [1.807, 2.05) is 105 Å². The monoisotopic (exact) mass is 685 g/mol. The van der Waals surface area contributed by atoms with E-state index >= 15 is 0 Å². The van der Waals surface area contributed by atoms with Crippen LogP contribution in [0, 0.1) is 11.3 Å². The summed E-state index contributed by atoms with van der Waals surface area (Å²) in [5.74, 6) is -4.15. The Balaban J connectivity index is 1.21. The van der Waals surface area contributed by atoms with Crippen molar-refractivity contribution in [3.05, 3.63) is 161 Å². The number of carbonyl (C=O) groups is 3. The Morgan fingerprint density at radius 2 is 1.50 bits per heavy atom. The van der Waals surface area contributed by atoms with E-state index in [4.69, 9.17) is 9.47 Å². The molecule has 5 atom stereocenters. The van der Waals surface area contributed by atoms with E-state index in [2.05, 4.69) is 0 Å². The number of rotatable bonds is 11. The van der Waals surface area contributed by atoms with Crippen molar-refractivity contribution < 1.29 is 29.0 Å². The number of nitrogens with zero attached hydrogens (tertiary/aromatic N) is 1. The van der Waals surface area contributed by atoms with Gasteiger partial charge in [-0.25, -0.2) is 4.79 Å². The second-order valence-corrected chi connectivity index (χ2v) is 15.2. The van der Waals surface area contributed by atoms with Gasteiger partial charge in [-0.2, -0.15) is 0 Å². The smallest absolute Gasteiger partial charge is 0.334 e. The van der Waals surface area contributed by atoms with Gasteiger partial charge >= 0.3 is 5.97 Å². The fourth-order valence-electron chi connectivity index (χ4n) is 7.71. The van der Waals surface area contributed by atoms with Gasteiger partial charge in [0.2, 0.25) is 11.7 Å². The SMILES string of the molecule is CC1(C)S[C@H]2N(C(=O)C23CC=C(C(=O)OC/C=C/c2ccccc2)C3C(=O)c2ccccc2)[C@H]1C(O)(OCc1ccccc1)c1ccccc1. The molecule has 0 saturated carbocycles. The summed E-state index contributed by atoms with van der Waals surface area (Å²) < 4.78 is 11.4. The predicted molar refractivity (Wildman–Crippen MR) is 193 cm³/mol. The van der Waals surface area contributed by atoms with Gasteiger partial charge in [0, 0.05) is 21.4 Å². The Kier molecular flexibility index (Phi) is 9.11. The van der Waals surface area contributed by atoms with Crippen molar-refractivity contribution in [1.29, 1.82) is 0 Å². The number of hydrogen-bond acceptors (Lipinski definition) is 7. The number of benzene rings is 4. The Hall–Kier alpha value is -4.76. The lowest BCUT2D eigenvalue weighted by molar-refractivity contribution is -0.270. The third-order valence-electron chi connectivity index (χ3n) is 10.0. The maximum Gasteiger partial charge on any atom is 0.334 e. The molecular formula is C42H39NO6S. The number of ketones is 1. The molecule has 2 fully saturated rings. The molecule has 7 rings (SSSR count). The van der Waals surface area contributed by atoms with Crippen molar-refractivity contribution in [2.45, 2.75) is 48.8 Å². The summed E-state index contributed by atoms with van der Waals surface area (Å²) in [6, 6.07) is 36.4. The molecule has 7 nitrogen and oxygen atoms in total. The molecule has 2 saturated heterocycles. The van der Waals surface area contributed by atoms with Gasteiger partial charge < -0.3 is 19.5 Å². The molecule has 50 heavy (non-hydrogen) atoms. The Morgan fingerprint density at radius 1 is 0.900 bits per heavy atom. The first-order valence-electron chi connectivity index (χ1n) is 16.8. The van der Waals surface area contributed by atoms with E-state index in [-0.39, 0.29) is 36.9 Å². The Bertz CT molecular complexity index is 1930. The number of amides is 1. The zero-order chi connectivity index (χ0) is 34.9. The second kappa shape index (κ2) is 13.5. The summed E-state index contributed by atoms with van der Waals surface area (Å²) in [6.07, 6.45) is 5.52. The zero-order valence-electron chi connectivity index (χ0n) is 28.0. The number of allylic oxidation sites excluding steroid dienone is 1. The number of esters is 1. The van der Waals surface area contributed by atoms with Gasteiger partial charge in [-0.15, -0.1) is 11.8 Å². The van der Waals surface area contributed by atoms with Crippen LogP contribution in [0.2, 0.25) is 0 Å². The summed E-state index contributed by atoms with van der Waals surface area (Å²) >= 11 is 1.53. The number of hydrogen-bond donors (Lipinski definition) is 1. The van der Waals surface area contributed by atoms with Gasteiger partial charge in [-0.1, -0.05) is 133 Å². The highest BCUT2D eigenvalue weighted by Crippen LogP contribution is 2.68. The number of fused-ring (bicyclic) bond motifs is 2. The molecule has 3 aliphatic rings. The molecule has 1 N–H and O–H groups in total. The molecule has 254 valence electrons. The quantitative estimate of drug-likeness (QED) is 0.0774. The highest BCUT2D eigenvalue weighted by molar-refractivity contribution is 8.01. The number of aliphatic hydroxyl groups is 1. The number of carbonyl (C=O) groups excluding carboxylic acids is 3. The largest absolute Gasteiger partial charge is 0.458 e. The van der Waals surface area contributed by atoms with Crippen LogP contribution in [0.25, 0.3) is 6.08 Å². The predicted octanol–water partition coefficient (Wildman–Crippen LogP) is 7.18. The summed E-state index contributed by atoms with van der Waals surface area (Å²) in [6.45, 7) is 4.12. The van der Waals surface area contributed by atoms with Gasteiger partial charge in [0.05, 0.1) is 23.3 Å². The zero-order valence-corrected chi connectivity index (χ0v) is 28.8. The van der Waals surface area contributed by atoms with Crippen LogP contribution >= 0.6 is 11.8 Å². The topological polar surface area (TPSA) is 93.1 Å². The van der Waals surface area contributed by atoms with Gasteiger partial charge in [-0.05, 0) is 37.5 Å². The lowest BCUT2D eigenvalue weighted by Gasteiger charge is -2.56. The number of thioether (sulfide) groups is 1. The van der Waals surface area contributed by atoms with Crippen LogP contribution in [0.5, 0.6) is 0 Å². The third-order valence-corrected chi connectivity index (χ3v) is 11.7. The van der Waals surface area contributed by atoms with Crippen molar-refractivity contribution in [2.75, 3.05) is 6.61 Å². The molecule has 1 aliphatic carbocycles. The molecule has 1 spiro atoms. The number of β-lactam (4-membered cyclic amide) rings is 1. The van der Waals surface area contributed by atoms with E-state index in [9.17, 15) is 19.5 Å². The Labute approximate surface area is 296 Å². The first-order chi connectivity index (χ1) is 24.2. The maximum atomic E-state index is 14.8. The minimum atomic E-state index is -1.88. The molecule has 0 radical (unpaired) electrons. The maximum absolute atomic E-state index is 14.8. The molecule has 4 aromatic carbocycles. The van der Waals surface area contributed by atoms with Crippen molar-refractivity contribution in [3.63, 3.8) is 0 Å². The van der Waals surface area contributed by atoms with Crippen molar-refractivity contribution in [3.8, 4) is 0 Å². The minimum absolute atomic E-state index is 0.0144. The van der Waals surface area contributed by atoms with Gasteiger partial charge in [0.1, 0.15) is 12.6 Å². The van der Waals surface area contributed by atoms with Crippen molar-refractivity contribution >= 4 is 35.5 Å². The minimum Gasteiger partial charge on any atom is -0.458 e. The summed E-state index contributed by atoms with van der Waals surface area (Å²) in [5.41, 5.74) is 1.76. The molecule has 4 aromatic rings. The standard InChI is InChI=1S/C42H39NO6S/c1-40(2)37(42(47,32-23-13-6-14-24-32)49-28-30-18-9-4-10-19-30)43-38(46)41(39(43)50-40)26-25-33(34(41)35(44)31-21-11-5-12-22-31)36(45)48-27-15-20-29-16-7-3-8-17-29/h3-25,34,37,39,47H,26-28H2,1-2H3/b20-15+/t34?,37-,39-,41?,42?/m1/s1. The van der Waals surface area contributed by atoms with Gasteiger partial charge in [0.25, 0.3) is 0 Å². The number of Topliss-reactive ketones (excluding diaryl/α,β-unsaturated/α-hetero) is 1. The lowest BCUT2D eigenvalue weighted by Crippen LogP contribution is -2.73. The highest BCUT2D eigenvalue weighted by Gasteiger charge is 2.77. The van der Waals surface area contributed by atoms with Gasteiger partial charge in [0.15, 0.2) is 5.78 Å². The lowest BCUT2D eigenvalue weighted by atomic mass is 9.64. The van der Waals surface area contributed by atoms with Crippen molar-refractivity contribution in [2.24, 2.45) is 11.3 Å². The van der Waals surface area contributed by atoms with E-state index in [0.717, 1.165) is 11.1 Å². The van der Waals surface area contributed by atoms with Crippen LogP contribution in [0.1, 0.15) is 47.3 Å². The van der Waals surface area contributed by atoms with E-state index in [0.29, 0.717) is 11.1 Å². The van der Waals surface area contributed by atoms with E-state index < -0.39 is 39.3 Å². The summed E-state index contributed by atoms with van der Waals surface area (Å²) in [4.78, 5) is 44.7. The second-order valence-electron chi connectivity index (χ2n) is 13.5. The van der Waals surface area contributed by atoms with E-state index in [1.165, 1.54) is 11.8 Å². The molecule has 8 heteroatoms. The average Bonchev–Trinajstić information content (AvgIpc) is 3.69. The molecule has 3 unspecified atom stereocenters. The van der Waals surface area contributed by atoms with Crippen LogP contribution in [0.3, 0.4) is 0 Å². The molecule has 0 aromatic heterocycles. The van der Waals surface area contributed by atoms with Crippen molar-refractivity contribution in [1.82, 2.24) is 4.90 Å². The third kappa shape index (κ3) is 5.81. The average molecular weight is 686 g/mol. The Morgan fingerprint density at radius 3 is 2.16 bits per heavy atom. The van der Waals surface area contributed by atoms with Crippen LogP contribution in [0.15, 0.2) is 139 Å². The first kappa shape index (κ1) is 33.7. The number of ether oxygens (including phenoxy) is 2. The van der Waals surface area contributed by atoms with Crippen LogP contribution < -0.4 is 0 Å². The highest BCUT2D eigenvalue weighted by atomic mass is 32.2. The fourth-order valence-corrected chi connectivity index (χ4v) is 9.56. The normalized spacial score (nSPS) is 24.8. The molecule has 0 bridgehead atoms. The van der Waals surface area contributed by atoms with Gasteiger partial charge in [-0.3, -0.25) is 9.59 Å². The molecule has 1 amide bonds. The first-order valence-corrected chi connectivity index (χ1v) is 17.7. The van der Waals surface area contributed by atoms with Crippen LogP contribution in [-0.4, -0.2) is 50.4 Å². The summed E-state index contributed by atoms with van der Waals surface area (Å²) in [7, 11) is 0.